The minimum Gasteiger partial charge on any atom is -0.496 e. The van der Waals surface area contributed by atoms with Gasteiger partial charge in [-0.1, -0.05) is 24.9 Å². The summed E-state index contributed by atoms with van der Waals surface area (Å²) in [5.74, 6) is 0.420. The van der Waals surface area contributed by atoms with Crippen LogP contribution in [0, 0.1) is 0 Å². The zero-order valence-corrected chi connectivity index (χ0v) is 14.9. The molecule has 1 aromatic carbocycles. The van der Waals surface area contributed by atoms with Crippen LogP contribution in [0.4, 0.5) is 0 Å². The molecule has 0 radical (unpaired) electrons. The standard InChI is InChI=1S/C18H27ClN2O2/c1-3-15-7-4-5-11-21(15)12-6-10-20-18(22)16-13-14(19)8-9-17(16)23-2/h8-9,13,15H,3-7,10-12H2,1-2H3,(H,20,22)/t15-/m0/s1. The van der Waals surface area contributed by atoms with Crippen LogP contribution in [0.15, 0.2) is 18.2 Å². The average Bonchev–Trinajstić information content (AvgIpc) is 2.58. The van der Waals surface area contributed by atoms with Gasteiger partial charge in [0.15, 0.2) is 0 Å². The second-order valence-electron chi connectivity index (χ2n) is 6.05. The van der Waals surface area contributed by atoms with Gasteiger partial charge in [0.1, 0.15) is 5.75 Å². The van der Waals surface area contributed by atoms with Crippen molar-refractivity contribution in [3.05, 3.63) is 28.8 Å². The van der Waals surface area contributed by atoms with Gasteiger partial charge in [0.25, 0.3) is 5.91 Å². The molecule has 1 aliphatic heterocycles. The Balaban J connectivity index is 1.80. The quantitative estimate of drug-likeness (QED) is 0.770. The number of halogens is 1. The molecule has 1 N–H and O–H groups in total. The smallest absolute Gasteiger partial charge is 0.255 e. The monoisotopic (exact) mass is 338 g/mol. The molecule has 0 bridgehead atoms. The highest BCUT2D eigenvalue weighted by atomic mass is 35.5. The Kier molecular flexibility index (Phi) is 7.18. The maximum absolute atomic E-state index is 12.3. The van der Waals surface area contributed by atoms with Crippen LogP contribution in [0.3, 0.4) is 0 Å². The molecule has 1 aliphatic rings. The molecule has 1 heterocycles. The number of hydrogen-bond donors (Lipinski definition) is 1. The number of hydrogen-bond acceptors (Lipinski definition) is 3. The fourth-order valence-corrected chi connectivity index (χ4v) is 3.43. The molecule has 0 saturated carbocycles. The van der Waals surface area contributed by atoms with E-state index in [4.69, 9.17) is 16.3 Å². The van der Waals surface area contributed by atoms with Crippen LogP contribution in [0.2, 0.25) is 5.02 Å². The summed E-state index contributed by atoms with van der Waals surface area (Å²) < 4.78 is 5.22. The lowest BCUT2D eigenvalue weighted by atomic mass is 10.00. The number of carbonyl (C=O) groups excluding carboxylic acids is 1. The minimum absolute atomic E-state index is 0.130. The maximum atomic E-state index is 12.3. The molecule has 4 nitrogen and oxygen atoms in total. The number of amides is 1. The molecular weight excluding hydrogens is 312 g/mol. The largest absolute Gasteiger partial charge is 0.496 e. The Labute approximate surface area is 144 Å². The van der Waals surface area contributed by atoms with Gasteiger partial charge in [-0.05, 0) is 50.4 Å². The second kappa shape index (κ2) is 9.14. The number of piperidine rings is 1. The van der Waals surface area contributed by atoms with Crippen molar-refractivity contribution in [2.24, 2.45) is 0 Å². The molecule has 0 aliphatic carbocycles. The molecule has 1 saturated heterocycles. The van der Waals surface area contributed by atoms with Gasteiger partial charge in [0, 0.05) is 24.2 Å². The second-order valence-corrected chi connectivity index (χ2v) is 6.48. The molecule has 1 fully saturated rings. The first kappa shape index (κ1) is 18.1. The van der Waals surface area contributed by atoms with E-state index < -0.39 is 0 Å². The zero-order valence-electron chi connectivity index (χ0n) is 14.1. The van der Waals surface area contributed by atoms with Crippen LogP contribution in [-0.2, 0) is 0 Å². The van der Waals surface area contributed by atoms with Gasteiger partial charge in [-0.25, -0.2) is 0 Å². The number of benzene rings is 1. The third kappa shape index (κ3) is 5.11. The fraction of sp³-hybridized carbons (Fsp3) is 0.611. The molecule has 1 aromatic rings. The molecule has 128 valence electrons. The number of nitrogens with one attached hydrogen (secondary N) is 1. The van der Waals surface area contributed by atoms with E-state index in [2.05, 4.69) is 17.1 Å². The van der Waals surface area contributed by atoms with Crippen LogP contribution in [0.25, 0.3) is 0 Å². The van der Waals surface area contributed by atoms with Gasteiger partial charge in [0.05, 0.1) is 12.7 Å². The Morgan fingerprint density at radius 2 is 2.26 bits per heavy atom. The molecule has 0 unspecified atom stereocenters. The first-order valence-corrected chi connectivity index (χ1v) is 8.89. The van der Waals surface area contributed by atoms with E-state index in [1.807, 2.05) is 0 Å². The summed E-state index contributed by atoms with van der Waals surface area (Å²) in [6.07, 6.45) is 6.13. The molecular formula is C18H27ClN2O2. The lowest BCUT2D eigenvalue weighted by molar-refractivity contribution is 0.0944. The number of methoxy groups -OCH3 is 1. The third-order valence-electron chi connectivity index (χ3n) is 4.53. The predicted molar refractivity (Wildman–Crippen MR) is 94.5 cm³/mol. The van der Waals surface area contributed by atoms with Crippen LogP contribution in [-0.4, -0.2) is 43.6 Å². The van der Waals surface area contributed by atoms with Crippen LogP contribution < -0.4 is 10.1 Å². The molecule has 1 amide bonds. The molecule has 0 spiro atoms. The van der Waals surface area contributed by atoms with E-state index in [1.54, 1.807) is 25.3 Å². The van der Waals surface area contributed by atoms with Gasteiger partial charge < -0.3 is 15.0 Å². The van der Waals surface area contributed by atoms with Crippen LogP contribution in [0.1, 0.15) is 49.4 Å². The van der Waals surface area contributed by atoms with Gasteiger partial charge in [0.2, 0.25) is 0 Å². The Bertz CT molecular complexity index is 522. The Hall–Kier alpha value is -1.26. The van der Waals surface area contributed by atoms with Crippen molar-refractivity contribution < 1.29 is 9.53 Å². The van der Waals surface area contributed by atoms with Crippen molar-refractivity contribution >= 4 is 17.5 Å². The van der Waals surface area contributed by atoms with Gasteiger partial charge >= 0.3 is 0 Å². The van der Waals surface area contributed by atoms with Crippen molar-refractivity contribution in [2.45, 2.75) is 45.1 Å². The first-order valence-electron chi connectivity index (χ1n) is 8.51. The van der Waals surface area contributed by atoms with Crippen molar-refractivity contribution in [1.82, 2.24) is 10.2 Å². The summed E-state index contributed by atoms with van der Waals surface area (Å²) in [4.78, 5) is 14.8. The normalized spacial score (nSPS) is 18.7. The topological polar surface area (TPSA) is 41.6 Å². The molecule has 2 rings (SSSR count). The Morgan fingerprint density at radius 1 is 1.43 bits per heavy atom. The summed E-state index contributed by atoms with van der Waals surface area (Å²) in [5.41, 5.74) is 0.490. The predicted octanol–water partition coefficient (Wildman–Crippen LogP) is 3.73. The lowest BCUT2D eigenvalue weighted by Crippen LogP contribution is -2.40. The highest BCUT2D eigenvalue weighted by Gasteiger charge is 2.20. The van der Waals surface area contributed by atoms with Crippen molar-refractivity contribution in [3.63, 3.8) is 0 Å². The number of carbonyl (C=O) groups is 1. The molecule has 5 heteroatoms. The summed E-state index contributed by atoms with van der Waals surface area (Å²) >= 11 is 5.97. The summed E-state index contributed by atoms with van der Waals surface area (Å²) in [5, 5.41) is 3.51. The number of nitrogens with zero attached hydrogens (tertiary/aromatic N) is 1. The van der Waals surface area contributed by atoms with Gasteiger partial charge in [-0.15, -0.1) is 0 Å². The van der Waals surface area contributed by atoms with E-state index in [-0.39, 0.29) is 5.91 Å². The number of likely N-dealkylation sites (tertiary alicyclic amines) is 1. The van der Waals surface area contributed by atoms with Crippen molar-refractivity contribution in [3.8, 4) is 5.75 Å². The first-order chi connectivity index (χ1) is 11.2. The number of rotatable bonds is 7. The van der Waals surface area contributed by atoms with Crippen LogP contribution in [0.5, 0.6) is 5.75 Å². The molecule has 1 atom stereocenters. The van der Waals surface area contributed by atoms with E-state index in [0.717, 1.165) is 13.0 Å². The number of ether oxygens (including phenoxy) is 1. The highest BCUT2D eigenvalue weighted by molar-refractivity contribution is 6.31. The fourth-order valence-electron chi connectivity index (χ4n) is 3.25. The SMILES string of the molecule is CC[C@H]1CCCCN1CCCNC(=O)c1cc(Cl)ccc1OC. The van der Waals surface area contributed by atoms with Gasteiger partial charge in [-0.2, -0.15) is 0 Å². The van der Waals surface area contributed by atoms with Crippen LogP contribution >= 0.6 is 11.6 Å². The van der Waals surface area contributed by atoms with E-state index in [0.29, 0.717) is 28.9 Å². The minimum atomic E-state index is -0.130. The average molecular weight is 339 g/mol. The molecule has 23 heavy (non-hydrogen) atoms. The highest BCUT2D eigenvalue weighted by Crippen LogP contribution is 2.22. The zero-order chi connectivity index (χ0) is 16.7. The molecule has 0 aromatic heterocycles. The van der Waals surface area contributed by atoms with Gasteiger partial charge in [-0.3, -0.25) is 4.79 Å². The van der Waals surface area contributed by atoms with Crippen molar-refractivity contribution in [2.75, 3.05) is 26.7 Å². The summed E-state index contributed by atoms with van der Waals surface area (Å²) in [7, 11) is 1.56. The maximum Gasteiger partial charge on any atom is 0.255 e. The third-order valence-corrected chi connectivity index (χ3v) is 4.77. The van der Waals surface area contributed by atoms with E-state index in [9.17, 15) is 4.79 Å². The lowest BCUT2D eigenvalue weighted by Gasteiger charge is -2.35. The van der Waals surface area contributed by atoms with Crippen molar-refractivity contribution in [1.29, 1.82) is 0 Å². The van der Waals surface area contributed by atoms with E-state index >= 15 is 0 Å². The summed E-state index contributed by atoms with van der Waals surface area (Å²) in [6.45, 7) is 5.16. The Morgan fingerprint density at radius 3 is 3.00 bits per heavy atom. The van der Waals surface area contributed by atoms with E-state index in [1.165, 1.54) is 32.2 Å². The summed E-state index contributed by atoms with van der Waals surface area (Å²) in [6, 6.07) is 5.80.